The van der Waals surface area contributed by atoms with E-state index in [-0.39, 0.29) is 11.5 Å². The molecule has 1 heterocycles. The predicted octanol–water partition coefficient (Wildman–Crippen LogP) is 2.67. The van der Waals surface area contributed by atoms with E-state index >= 15 is 0 Å². The Morgan fingerprint density at radius 2 is 2.09 bits per heavy atom. The first-order valence-electron chi connectivity index (χ1n) is 6.95. The molecule has 0 aliphatic carbocycles. The molecule has 0 saturated heterocycles. The highest BCUT2D eigenvalue weighted by Crippen LogP contribution is 2.24. The highest BCUT2D eigenvalue weighted by molar-refractivity contribution is 8.00. The smallest absolute Gasteiger partial charge is 0.262 e. The van der Waals surface area contributed by atoms with Crippen LogP contribution in [0, 0.1) is 5.92 Å². The number of halogens is 1. The summed E-state index contributed by atoms with van der Waals surface area (Å²) in [6.45, 7) is 6.26. The average molecular weight is 340 g/mol. The van der Waals surface area contributed by atoms with Crippen molar-refractivity contribution in [2.24, 2.45) is 11.7 Å². The van der Waals surface area contributed by atoms with Crippen LogP contribution in [-0.4, -0.2) is 20.7 Å². The van der Waals surface area contributed by atoms with E-state index in [2.05, 4.69) is 4.98 Å². The second-order valence-electron chi connectivity index (χ2n) is 5.53. The van der Waals surface area contributed by atoms with Crippen LogP contribution in [-0.2, 0) is 11.3 Å². The van der Waals surface area contributed by atoms with Crippen molar-refractivity contribution in [3.63, 3.8) is 0 Å². The molecule has 0 unspecified atom stereocenters. The maximum atomic E-state index is 12.7. The Balaban J connectivity index is 2.64. The molecule has 0 saturated carbocycles. The van der Waals surface area contributed by atoms with Gasteiger partial charge in [0.05, 0.1) is 16.2 Å². The van der Waals surface area contributed by atoms with Gasteiger partial charge in [-0.25, -0.2) is 4.98 Å². The molecule has 2 rings (SSSR count). The van der Waals surface area contributed by atoms with Crippen molar-refractivity contribution in [3.05, 3.63) is 33.6 Å². The van der Waals surface area contributed by atoms with Gasteiger partial charge in [-0.1, -0.05) is 37.2 Å². The van der Waals surface area contributed by atoms with Gasteiger partial charge in [-0.15, -0.1) is 0 Å². The third-order valence-corrected chi connectivity index (χ3v) is 4.46. The fourth-order valence-corrected chi connectivity index (χ4v) is 3.04. The predicted molar refractivity (Wildman–Crippen MR) is 90.4 cm³/mol. The van der Waals surface area contributed by atoms with Crippen LogP contribution < -0.4 is 11.3 Å². The minimum absolute atomic E-state index is 0.130. The van der Waals surface area contributed by atoms with Gasteiger partial charge in [0.2, 0.25) is 5.91 Å². The second kappa shape index (κ2) is 6.71. The fraction of sp³-hybridized carbons (Fsp3) is 0.400. The molecule has 1 aromatic heterocycles. The molecule has 0 spiro atoms. The number of hydrogen-bond donors (Lipinski definition) is 1. The first-order chi connectivity index (χ1) is 10.3. The minimum atomic E-state index is -0.470. The standard InChI is InChI=1S/C15H18ClN3O2S/c1-8(2)7-19-14(21)11-5-4-10(16)6-12(11)18-15(19)22-9(3)13(17)20/h4-6,8-9H,7H2,1-3H3,(H2,17,20)/t9-/m0/s1. The molecule has 5 nitrogen and oxygen atoms in total. The van der Waals surface area contributed by atoms with Crippen molar-refractivity contribution in [1.82, 2.24) is 9.55 Å². The first kappa shape index (κ1) is 16.8. The molecule has 22 heavy (non-hydrogen) atoms. The van der Waals surface area contributed by atoms with Crippen LogP contribution in [0.4, 0.5) is 0 Å². The lowest BCUT2D eigenvalue weighted by Gasteiger charge is -2.16. The molecule has 0 aliphatic heterocycles. The van der Waals surface area contributed by atoms with Gasteiger partial charge in [0, 0.05) is 11.6 Å². The van der Waals surface area contributed by atoms with Crippen LogP contribution in [0.3, 0.4) is 0 Å². The normalized spacial score (nSPS) is 12.8. The summed E-state index contributed by atoms with van der Waals surface area (Å²) in [7, 11) is 0. The van der Waals surface area contributed by atoms with Crippen molar-refractivity contribution >= 4 is 40.2 Å². The number of primary amides is 1. The van der Waals surface area contributed by atoms with E-state index in [0.29, 0.717) is 27.6 Å². The third-order valence-electron chi connectivity index (χ3n) is 3.11. The van der Waals surface area contributed by atoms with Gasteiger partial charge in [0.1, 0.15) is 0 Å². The monoisotopic (exact) mass is 339 g/mol. The highest BCUT2D eigenvalue weighted by Gasteiger charge is 2.18. The summed E-state index contributed by atoms with van der Waals surface area (Å²) in [5.74, 6) is -0.172. The summed E-state index contributed by atoms with van der Waals surface area (Å²) in [5.41, 5.74) is 5.71. The maximum absolute atomic E-state index is 12.7. The van der Waals surface area contributed by atoms with Crippen molar-refractivity contribution in [3.8, 4) is 0 Å². The summed E-state index contributed by atoms with van der Waals surface area (Å²) in [6.07, 6.45) is 0. The zero-order valence-corrected chi connectivity index (χ0v) is 14.2. The molecule has 1 amide bonds. The molecule has 0 fully saturated rings. The number of carbonyl (C=O) groups is 1. The van der Waals surface area contributed by atoms with Crippen molar-refractivity contribution in [1.29, 1.82) is 0 Å². The van der Waals surface area contributed by atoms with Crippen LogP contribution in [0.15, 0.2) is 28.2 Å². The topological polar surface area (TPSA) is 78.0 Å². The number of carbonyl (C=O) groups excluding carboxylic acids is 1. The van der Waals surface area contributed by atoms with Gasteiger partial charge < -0.3 is 5.73 Å². The number of nitrogens with two attached hydrogens (primary N) is 1. The Kier molecular flexibility index (Phi) is 5.13. The Morgan fingerprint density at radius 1 is 1.41 bits per heavy atom. The molecule has 0 aliphatic rings. The lowest BCUT2D eigenvalue weighted by molar-refractivity contribution is -0.117. The summed E-state index contributed by atoms with van der Waals surface area (Å²) < 4.78 is 1.60. The molecule has 0 radical (unpaired) electrons. The molecule has 2 aromatic rings. The lowest BCUT2D eigenvalue weighted by atomic mass is 10.2. The van der Waals surface area contributed by atoms with Crippen LogP contribution in [0.1, 0.15) is 20.8 Å². The van der Waals surface area contributed by atoms with Gasteiger partial charge in [-0.05, 0) is 31.0 Å². The van der Waals surface area contributed by atoms with Gasteiger partial charge >= 0.3 is 0 Å². The number of hydrogen-bond acceptors (Lipinski definition) is 4. The molecular weight excluding hydrogens is 322 g/mol. The van der Waals surface area contributed by atoms with Crippen molar-refractivity contribution in [2.75, 3.05) is 0 Å². The summed E-state index contributed by atoms with van der Waals surface area (Å²) >= 11 is 7.16. The molecule has 2 N–H and O–H groups in total. The third kappa shape index (κ3) is 3.62. The number of benzene rings is 1. The number of thioether (sulfide) groups is 1. The molecule has 1 aromatic carbocycles. The van der Waals surface area contributed by atoms with E-state index in [1.165, 1.54) is 11.8 Å². The Bertz CT molecular complexity index is 773. The van der Waals surface area contributed by atoms with E-state index < -0.39 is 11.2 Å². The largest absolute Gasteiger partial charge is 0.369 e. The first-order valence-corrected chi connectivity index (χ1v) is 8.21. The SMILES string of the molecule is CC(C)Cn1c(S[C@@H](C)C(N)=O)nc2cc(Cl)ccc2c1=O. The van der Waals surface area contributed by atoms with Crippen LogP contribution in [0.5, 0.6) is 0 Å². The van der Waals surface area contributed by atoms with E-state index in [9.17, 15) is 9.59 Å². The van der Waals surface area contributed by atoms with Gasteiger partial charge in [-0.2, -0.15) is 0 Å². The minimum Gasteiger partial charge on any atom is -0.369 e. The van der Waals surface area contributed by atoms with E-state index in [1.54, 1.807) is 29.7 Å². The summed E-state index contributed by atoms with van der Waals surface area (Å²) in [6, 6.07) is 5.00. The molecule has 0 bridgehead atoms. The Labute approximate surface area is 137 Å². The fourth-order valence-electron chi connectivity index (χ4n) is 2.01. The van der Waals surface area contributed by atoms with E-state index in [1.807, 2.05) is 13.8 Å². The van der Waals surface area contributed by atoms with Crippen LogP contribution >= 0.6 is 23.4 Å². The van der Waals surface area contributed by atoms with Crippen LogP contribution in [0.25, 0.3) is 10.9 Å². The Morgan fingerprint density at radius 3 is 2.68 bits per heavy atom. The summed E-state index contributed by atoms with van der Waals surface area (Å²) in [5, 5.41) is 1.04. The number of nitrogens with zero attached hydrogens (tertiary/aromatic N) is 2. The van der Waals surface area contributed by atoms with E-state index in [0.717, 1.165) is 0 Å². The van der Waals surface area contributed by atoms with Gasteiger partial charge in [0.15, 0.2) is 5.16 Å². The van der Waals surface area contributed by atoms with Gasteiger partial charge in [0.25, 0.3) is 5.56 Å². The maximum Gasteiger partial charge on any atom is 0.262 e. The number of aromatic nitrogens is 2. The van der Waals surface area contributed by atoms with Crippen molar-refractivity contribution in [2.45, 2.75) is 37.7 Å². The molecule has 118 valence electrons. The molecule has 1 atom stereocenters. The number of fused-ring (bicyclic) bond motifs is 1. The zero-order chi connectivity index (χ0) is 16.4. The van der Waals surface area contributed by atoms with Gasteiger partial charge in [-0.3, -0.25) is 14.2 Å². The van der Waals surface area contributed by atoms with Crippen molar-refractivity contribution < 1.29 is 4.79 Å². The molecular formula is C15H18ClN3O2S. The zero-order valence-electron chi connectivity index (χ0n) is 12.7. The summed E-state index contributed by atoms with van der Waals surface area (Å²) in [4.78, 5) is 28.5. The highest BCUT2D eigenvalue weighted by atomic mass is 35.5. The second-order valence-corrected chi connectivity index (χ2v) is 7.27. The number of amides is 1. The molecule has 7 heteroatoms. The Hall–Kier alpha value is -1.53. The average Bonchev–Trinajstić information content (AvgIpc) is 2.42. The van der Waals surface area contributed by atoms with E-state index in [4.69, 9.17) is 17.3 Å². The quantitative estimate of drug-likeness (QED) is 0.671. The lowest BCUT2D eigenvalue weighted by Crippen LogP contribution is -2.28. The van der Waals surface area contributed by atoms with Crippen LogP contribution in [0.2, 0.25) is 5.02 Å². The number of rotatable bonds is 5.